The first kappa shape index (κ1) is 21.0. The van der Waals surface area contributed by atoms with Gasteiger partial charge in [-0.3, -0.25) is 14.5 Å². The third-order valence-corrected chi connectivity index (χ3v) is 5.91. The van der Waals surface area contributed by atoms with Crippen molar-refractivity contribution in [3.8, 4) is 10.4 Å². The van der Waals surface area contributed by atoms with Crippen molar-refractivity contribution in [2.75, 3.05) is 31.6 Å². The largest absolute Gasteiger partial charge is 0.462 e. The summed E-state index contributed by atoms with van der Waals surface area (Å²) in [5, 5.41) is 3.32. The molecule has 0 radical (unpaired) electrons. The molecule has 3 N–H and O–H groups in total. The van der Waals surface area contributed by atoms with E-state index in [-0.39, 0.29) is 30.9 Å². The number of anilines is 1. The summed E-state index contributed by atoms with van der Waals surface area (Å²) in [6, 6.07) is 11.4. The van der Waals surface area contributed by atoms with Crippen LogP contribution in [0.15, 0.2) is 36.4 Å². The molecule has 1 aromatic heterocycles. The molecule has 0 bridgehead atoms. The second-order valence-electron chi connectivity index (χ2n) is 6.96. The summed E-state index contributed by atoms with van der Waals surface area (Å²) in [6.45, 7) is 3.36. The number of ether oxygens (including phenoxy) is 1. The average Bonchev–Trinajstić information content (AvgIpc) is 3.12. The number of piperidine rings is 1. The molecule has 0 unspecified atom stereocenters. The third-order valence-electron chi connectivity index (χ3n) is 4.81. The molecule has 1 atom stereocenters. The van der Waals surface area contributed by atoms with E-state index in [4.69, 9.17) is 10.5 Å². The lowest BCUT2D eigenvalue weighted by Crippen LogP contribution is -2.44. The number of likely N-dealkylation sites (tertiary alicyclic amines) is 1. The Balaban J connectivity index is 1.74. The van der Waals surface area contributed by atoms with Crippen molar-refractivity contribution in [1.82, 2.24) is 4.90 Å². The molecule has 0 aliphatic carbocycles. The Labute approximate surface area is 173 Å². The van der Waals surface area contributed by atoms with Crippen LogP contribution in [0.1, 0.15) is 30.1 Å². The minimum Gasteiger partial charge on any atom is -0.462 e. The first-order valence-electron chi connectivity index (χ1n) is 9.65. The van der Waals surface area contributed by atoms with Crippen LogP contribution in [0.5, 0.6) is 0 Å². The Morgan fingerprint density at radius 2 is 2.03 bits per heavy atom. The minimum absolute atomic E-state index is 0.143. The summed E-state index contributed by atoms with van der Waals surface area (Å²) in [7, 11) is 0. The summed E-state index contributed by atoms with van der Waals surface area (Å²) in [4.78, 5) is 39.2. The molecular formula is C21H25N3O4S. The third kappa shape index (κ3) is 5.42. The van der Waals surface area contributed by atoms with E-state index >= 15 is 0 Å². The quantitative estimate of drug-likeness (QED) is 0.677. The number of hydrogen-bond acceptors (Lipinski definition) is 6. The lowest BCUT2D eigenvalue weighted by atomic mass is 9.97. The van der Waals surface area contributed by atoms with Gasteiger partial charge in [0.05, 0.1) is 24.6 Å². The number of benzene rings is 1. The molecule has 0 spiro atoms. The van der Waals surface area contributed by atoms with Crippen LogP contribution >= 0.6 is 11.3 Å². The van der Waals surface area contributed by atoms with E-state index in [2.05, 4.69) is 5.32 Å². The second-order valence-corrected chi connectivity index (χ2v) is 8.02. The molecule has 2 heterocycles. The molecule has 1 fully saturated rings. The van der Waals surface area contributed by atoms with Crippen LogP contribution in [0.25, 0.3) is 10.4 Å². The molecule has 29 heavy (non-hydrogen) atoms. The van der Waals surface area contributed by atoms with Gasteiger partial charge in [0.25, 0.3) is 0 Å². The van der Waals surface area contributed by atoms with E-state index in [1.807, 2.05) is 35.2 Å². The Morgan fingerprint density at radius 3 is 2.72 bits per heavy atom. The van der Waals surface area contributed by atoms with Crippen LogP contribution in [0.3, 0.4) is 0 Å². The molecular weight excluding hydrogens is 390 g/mol. The van der Waals surface area contributed by atoms with Gasteiger partial charge in [-0.05, 0) is 37.9 Å². The first-order chi connectivity index (χ1) is 14.0. The molecule has 8 heteroatoms. The van der Waals surface area contributed by atoms with Crippen LogP contribution < -0.4 is 11.1 Å². The highest BCUT2D eigenvalue weighted by Gasteiger charge is 2.26. The standard InChI is InChI=1S/C21H25N3O4S/c1-2-28-21(27)16-11-17(14-7-4-3-5-8-14)29-20(16)23-18(25)13-24-10-6-9-15(12-24)19(22)26/h3-5,7-8,11,15H,2,6,9-10,12-13H2,1H3,(H2,22,26)(H,23,25)/t15-/m0/s1. The van der Waals surface area contributed by atoms with Crippen molar-refractivity contribution in [3.05, 3.63) is 42.0 Å². The molecule has 1 saturated heterocycles. The van der Waals surface area contributed by atoms with Gasteiger partial charge in [0.15, 0.2) is 0 Å². The van der Waals surface area contributed by atoms with Gasteiger partial charge in [-0.2, -0.15) is 0 Å². The number of thiophene rings is 1. The van der Waals surface area contributed by atoms with Gasteiger partial charge in [-0.15, -0.1) is 11.3 Å². The lowest BCUT2D eigenvalue weighted by Gasteiger charge is -2.30. The fourth-order valence-corrected chi connectivity index (χ4v) is 4.46. The van der Waals surface area contributed by atoms with Crippen molar-refractivity contribution in [3.63, 3.8) is 0 Å². The Hall–Kier alpha value is -2.71. The Bertz CT molecular complexity index is 881. The van der Waals surface area contributed by atoms with Gasteiger partial charge in [0.1, 0.15) is 5.00 Å². The molecule has 1 aliphatic rings. The Morgan fingerprint density at radius 1 is 1.28 bits per heavy atom. The molecule has 0 saturated carbocycles. The summed E-state index contributed by atoms with van der Waals surface area (Å²) in [6.07, 6.45) is 1.58. The van der Waals surface area contributed by atoms with Crippen molar-refractivity contribution in [1.29, 1.82) is 0 Å². The van der Waals surface area contributed by atoms with Crippen molar-refractivity contribution in [2.45, 2.75) is 19.8 Å². The normalized spacial score (nSPS) is 16.9. The number of nitrogens with two attached hydrogens (primary N) is 1. The fourth-order valence-electron chi connectivity index (χ4n) is 3.39. The number of primary amides is 1. The summed E-state index contributed by atoms with van der Waals surface area (Å²) in [5.41, 5.74) is 6.71. The maximum atomic E-state index is 12.6. The number of carbonyl (C=O) groups is 3. The predicted octanol–water partition coefficient (Wildman–Crippen LogP) is 2.73. The maximum Gasteiger partial charge on any atom is 0.341 e. The molecule has 2 amide bonds. The van der Waals surface area contributed by atoms with Crippen LogP contribution in [0.2, 0.25) is 0 Å². The van der Waals surface area contributed by atoms with Gasteiger partial charge < -0.3 is 15.8 Å². The van der Waals surface area contributed by atoms with E-state index in [1.165, 1.54) is 11.3 Å². The summed E-state index contributed by atoms with van der Waals surface area (Å²) >= 11 is 1.34. The molecule has 1 aromatic carbocycles. The van der Waals surface area contributed by atoms with Crippen LogP contribution in [-0.4, -0.2) is 48.9 Å². The summed E-state index contributed by atoms with van der Waals surface area (Å²) in [5.74, 6) is -1.25. The zero-order valence-corrected chi connectivity index (χ0v) is 17.2. The van der Waals surface area contributed by atoms with Crippen LogP contribution in [0.4, 0.5) is 5.00 Å². The number of nitrogens with one attached hydrogen (secondary N) is 1. The second kappa shape index (κ2) is 9.67. The highest BCUT2D eigenvalue weighted by atomic mass is 32.1. The number of hydrogen-bond donors (Lipinski definition) is 2. The maximum absolute atomic E-state index is 12.6. The van der Waals surface area contributed by atoms with Crippen molar-refractivity contribution >= 4 is 34.1 Å². The first-order valence-corrected chi connectivity index (χ1v) is 10.5. The van der Waals surface area contributed by atoms with Gasteiger partial charge >= 0.3 is 5.97 Å². The van der Waals surface area contributed by atoms with E-state index < -0.39 is 5.97 Å². The van der Waals surface area contributed by atoms with E-state index in [0.29, 0.717) is 17.1 Å². The van der Waals surface area contributed by atoms with E-state index in [1.54, 1.807) is 13.0 Å². The van der Waals surface area contributed by atoms with Crippen molar-refractivity contribution < 1.29 is 19.1 Å². The van der Waals surface area contributed by atoms with Crippen LogP contribution in [0, 0.1) is 5.92 Å². The highest BCUT2D eigenvalue weighted by Crippen LogP contribution is 2.36. The molecule has 1 aliphatic heterocycles. The van der Waals surface area contributed by atoms with Gasteiger partial charge in [0, 0.05) is 11.4 Å². The average molecular weight is 416 g/mol. The number of esters is 1. The van der Waals surface area contributed by atoms with E-state index in [0.717, 1.165) is 29.8 Å². The van der Waals surface area contributed by atoms with Gasteiger partial charge in [-0.1, -0.05) is 30.3 Å². The van der Waals surface area contributed by atoms with Crippen molar-refractivity contribution in [2.24, 2.45) is 11.7 Å². The number of nitrogens with zero attached hydrogens (tertiary/aromatic N) is 1. The number of carbonyl (C=O) groups excluding carboxylic acids is 3. The smallest absolute Gasteiger partial charge is 0.341 e. The number of amides is 2. The van der Waals surface area contributed by atoms with E-state index in [9.17, 15) is 14.4 Å². The molecule has 7 nitrogen and oxygen atoms in total. The predicted molar refractivity (Wildman–Crippen MR) is 113 cm³/mol. The SMILES string of the molecule is CCOC(=O)c1cc(-c2ccccc2)sc1NC(=O)CN1CCC[C@H](C(N)=O)C1. The molecule has 154 valence electrons. The topological polar surface area (TPSA) is 102 Å². The van der Waals surface area contributed by atoms with Gasteiger partial charge in [-0.25, -0.2) is 4.79 Å². The Kier molecular flexibility index (Phi) is 7.00. The van der Waals surface area contributed by atoms with Crippen LogP contribution in [-0.2, 0) is 14.3 Å². The summed E-state index contributed by atoms with van der Waals surface area (Å²) < 4.78 is 5.14. The molecule has 2 aromatic rings. The zero-order chi connectivity index (χ0) is 20.8. The molecule has 3 rings (SSSR count). The monoisotopic (exact) mass is 415 g/mol. The van der Waals surface area contributed by atoms with Gasteiger partial charge in [0.2, 0.25) is 11.8 Å². The minimum atomic E-state index is -0.465. The number of rotatable bonds is 7. The zero-order valence-electron chi connectivity index (χ0n) is 16.3. The highest BCUT2D eigenvalue weighted by molar-refractivity contribution is 7.20. The fraction of sp³-hybridized carbons (Fsp3) is 0.381. The lowest BCUT2D eigenvalue weighted by molar-refractivity contribution is -0.125.